The molecular weight excluding hydrogens is 395 g/mol. The maximum atomic E-state index is 12.9. The number of amides is 1. The molecule has 2 heterocycles. The van der Waals surface area contributed by atoms with Crippen LogP contribution in [0.4, 0.5) is 0 Å². The molecule has 0 unspecified atom stereocenters. The number of nitrogens with zero attached hydrogens (tertiary/aromatic N) is 5. The van der Waals surface area contributed by atoms with Crippen LogP contribution in [0.5, 0.6) is 0 Å². The summed E-state index contributed by atoms with van der Waals surface area (Å²) in [6.45, 7) is 2.15. The topological polar surface area (TPSA) is 111 Å². The number of carbonyl (C=O) groups is 2. The average molecular weight is 411 g/mol. The first-order valence-corrected chi connectivity index (χ1v) is 8.90. The lowest BCUT2D eigenvalue weighted by Crippen LogP contribution is -2.64. The summed E-state index contributed by atoms with van der Waals surface area (Å²) in [7, 11) is 1.59. The van der Waals surface area contributed by atoms with Crippen LogP contribution < -0.4 is 5.32 Å². The molecule has 126 valence electrons. The van der Waals surface area contributed by atoms with Gasteiger partial charge in [-0.15, -0.1) is 11.3 Å². The van der Waals surface area contributed by atoms with E-state index >= 15 is 0 Å². The molecule has 1 N–H and O–H groups in total. The second-order valence-electron chi connectivity index (χ2n) is 5.48. The number of azide groups is 1. The predicted molar refractivity (Wildman–Crippen MR) is 98.7 cm³/mol. The van der Waals surface area contributed by atoms with Crippen LogP contribution in [0.1, 0.15) is 18.2 Å². The van der Waals surface area contributed by atoms with E-state index in [-0.39, 0.29) is 19.9 Å². The number of hydrogen-bond acceptors (Lipinski definition) is 5. The monoisotopic (exact) mass is 410 g/mol. The molecule has 0 aliphatic carbocycles. The highest BCUT2D eigenvalue weighted by Gasteiger charge is 2.47. The molecular formula is C13H16BBrN6O2S. The second-order valence-corrected chi connectivity index (χ2v) is 7.31. The summed E-state index contributed by atoms with van der Waals surface area (Å²) >= 11 is 4.95. The molecule has 0 saturated carbocycles. The summed E-state index contributed by atoms with van der Waals surface area (Å²) in [5.74, 6) is -0.188. The van der Waals surface area contributed by atoms with Crippen molar-refractivity contribution in [3.05, 3.63) is 31.2 Å². The molecule has 1 aliphatic rings. The van der Waals surface area contributed by atoms with Gasteiger partial charge in [0.15, 0.2) is 5.96 Å². The maximum absolute atomic E-state index is 12.9. The maximum Gasteiger partial charge on any atom is 0.338 e. The van der Waals surface area contributed by atoms with Gasteiger partial charge in [-0.05, 0) is 40.9 Å². The standard InChI is InChI=1S/C13H16BBrN6O2S/c1-13(10-5-8(15)6-24-10)9(3-4-17-20-16)11(23)21(2)12(18-13)19-14-7-22/h5-7,9,14H,3-4H2,1-2H3,(H,18,19)/t9-,13-/m0/s1. The Morgan fingerprint density at radius 3 is 3.00 bits per heavy atom. The zero-order chi connectivity index (χ0) is 17.7. The van der Waals surface area contributed by atoms with Crippen LogP contribution in [0.25, 0.3) is 10.4 Å². The number of guanidine groups is 1. The molecule has 1 aromatic heterocycles. The first-order chi connectivity index (χ1) is 11.4. The zero-order valence-corrected chi connectivity index (χ0v) is 15.7. The van der Waals surface area contributed by atoms with Crippen LogP contribution >= 0.6 is 27.3 Å². The summed E-state index contributed by atoms with van der Waals surface area (Å²) in [5, 5.41) is 8.80. The van der Waals surface area contributed by atoms with Crippen molar-refractivity contribution in [2.24, 2.45) is 15.9 Å². The van der Waals surface area contributed by atoms with Gasteiger partial charge in [0.2, 0.25) is 5.91 Å². The molecule has 0 bridgehead atoms. The zero-order valence-electron chi connectivity index (χ0n) is 13.3. The molecule has 2 atom stereocenters. The van der Waals surface area contributed by atoms with Crippen molar-refractivity contribution >= 4 is 52.7 Å². The third kappa shape index (κ3) is 3.63. The van der Waals surface area contributed by atoms with Crippen LogP contribution in [-0.2, 0) is 15.1 Å². The highest BCUT2D eigenvalue weighted by Crippen LogP contribution is 2.40. The largest absolute Gasteiger partial charge is 0.346 e. The van der Waals surface area contributed by atoms with Crippen molar-refractivity contribution in [3.8, 4) is 0 Å². The van der Waals surface area contributed by atoms with Gasteiger partial charge in [-0.1, -0.05) is 5.11 Å². The number of thiophene rings is 1. The van der Waals surface area contributed by atoms with Crippen molar-refractivity contribution in [1.82, 2.24) is 10.2 Å². The molecule has 24 heavy (non-hydrogen) atoms. The Balaban J connectivity index is 2.44. The van der Waals surface area contributed by atoms with E-state index in [4.69, 9.17) is 5.53 Å². The molecule has 0 radical (unpaired) electrons. The second kappa shape index (κ2) is 7.82. The number of carbonyl (C=O) groups excluding carboxylic acids is 2. The van der Waals surface area contributed by atoms with E-state index in [1.807, 2.05) is 18.4 Å². The minimum atomic E-state index is -0.701. The van der Waals surface area contributed by atoms with Gasteiger partial charge in [0.1, 0.15) is 6.19 Å². The molecule has 0 aromatic carbocycles. The van der Waals surface area contributed by atoms with Crippen molar-refractivity contribution in [1.29, 1.82) is 0 Å². The summed E-state index contributed by atoms with van der Waals surface area (Å²) in [4.78, 5) is 32.8. The first-order valence-electron chi connectivity index (χ1n) is 7.23. The van der Waals surface area contributed by atoms with Crippen molar-refractivity contribution in [2.75, 3.05) is 13.6 Å². The lowest BCUT2D eigenvalue weighted by molar-refractivity contribution is -0.135. The Morgan fingerprint density at radius 1 is 1.67 bits per heavy atom. The SMILES string of the molecule is CN1C(=O)[C@H](CCN=[N+]=[N-])[C@@](C)(c2cc(Br)cs2)N/C1=N\BC=O. The minimum absolute atomic E-state index is 0.0203. The fourth-order valence-corrected chi connectivity index (χ4v) is 4.32. The van der Waals surface area contributed by atoms with Crippen molar-refractivity contribution < 1.29 is 9.59 Å². The number of rotatable bonds is 6. The Kier molecular flexibility index (Phi) is 6.03. The van der Waals surface area contributed by atoms with Crippen LogP contribution in [0, 0.1) is 5.92 Å². The minimum Gasteiger partial charge on any atom is -0.346 e. The molecule has 1 fully saturated rings. The van der Waals surface area contributed by atoms with Gasteiger partial charge in [-0.3, -0.25) is 9.69 Å². The van der Waals surface area contributed by atoms with Crippen molar-refractivity contribution in [3.63, 3.8) is 0 Å². The van der Waals surface area contributed by atoms with E-state index in [0.29, 0.717) is 18.6 Å². The van der Waals surface area contributed by atoms with Crippen LogP contribution in [0.15, 0.2) is 25.9 Å². The van der Waals surface area contributed by atoms with Gasteiger partial charge >= 0.3 is 7.41 Å². The van der Waals surface area contributed by atoms with Gasteiger partial charge in [0.25, 0.3) is 0 Å². The van der Waals surface area contributed by atoms with Crippen molar-refractivity contribution in [2.45, 2.75) is 18.9 Å². The van der Waals surface area contributed by atoms with Crippen LogP contribution in [-0.4, -0.2) is 44.0 Å². The Bertz CT molecular complexity index is 719. The molecule has 11 heteroatoms. The molecule has 1 aliphatic heterocycles. The number of hydrogen-bond donors (Lipinski definition) is 1. The molecule has 1 amide bonds. The van der Waals surface area contributed by atoms with Gasteiger partial charge in [-0.2, -0.15) is 0 Å². The Labute approximate surface area is 152 Å². The molecule has 1 saturated heterocycles. The van der Waals surface area contributed by atoms with Gasteiger partial charge in [0.05, 0.1) is 11.5 Å². The van der Waals surface area contributed by atoms with Gasteiger partial charge in [-0.25, -0.2) is 0 Å². The fourth-order valence-electron chi connectivity index (χ4n) is 2.72. The van der Waals surface area contributed by atoms with Crippen LogP contribution in [0.2, 0.25) is 0 Å². The average Bonchev–Trinajstić information content (AvgIpc) is 3.00. The first kappa shape index (κ1) is 18.5. The quantitative estimate of drug-likeness (QED) is 0.254. The Morgan fingerprint density at radius 2 is 2.42 bits per heavy atom. The molecule has 0 spiro atoms. The smallest absolute Gasteiger partial charge is 0.338 e. The normalized spacial score (nSPS) is 25.1. The van der Waals surface area contributed by atoms with E-state index in [2.05, 4.69) is 36.2 Å². The molecule has 1 aromatic rings. The van der Waals surface area contributed by atoms with E-state index in [1.165, 1.54) is 16.2 Å². The lowest BCUT2D eigenvalue weighted by Gasteiger charge is -2.45. The van der Waals surface area contributed by atoms with E-state index < -0.39 is 11.5 Å². The lowest BCUT2D eigenvalue weighted by atomic mass is 9.79. The highest BCUT2D eigenvalue weighted by atomic mass is 79.9. The van der Waals surface area contributed by atoms with E-state index in [9.17, 15) is 9.59 Å². The number of halogens is 1. The Hall–Kier alpha value is -1.84. The van der Waals surface area contributed by atoms with Gasteiger partial charge < -0.3 is 15.0 Å². The molecule has 8 nitrogen and oxygen atoms in total. The van der Waals surface area contributed by atoms with Gasteiger partial charge in [0, 0.05) is 33.2 Å². The van der Waals surface area contributed by atoms with E-state index in [0.717, 1.165) is 9.35 Å². The highest BCUT2D eigenvalue weighted by molar-refractivity contribution is 9.10. The number of nitrogens with one attached hydrogen (secondary N) is 1. The molecule has 2 rings (SSSR count). The van der Waals surface area contributed by atoms with E-state index in [1.54, 1.807) is 7.05 Å². The predicted octanol–water partition coefficient (Wildman–Crippen LogP) is 2.00. The summed E-state index contributed by atoms with van der Waals surface area (Å²) in [6, 6.07) is 1.95. The summed E-state index contributed by atoms with van der Waals surface area (Å²) < 4.78 is 0.928. The third-order valence-electron chi connectivity index (χ3n) is 3.99. The summed E-state index contributed by atoms with van der Waals surface area (Å²) in [6.07, 6.45) is 1.09. The fraction of sp³-hybridized carbons (Fsp3) is 0.462. The summed E-state index contributed by atoms with van der Waals surface area (Å²) in [5.41, 5.74) is 7.79. The third-order valence-corrected chi connectivity index (χ3v) is 5.92. The van der Waals surface area contributed by atoms with Crippen LogP contribution in [0.3, 0.4) is 0 Å².